The molecule has 141 valence electrons. The Hall–Kier alpha value is -2.74. The summed E-state index contributed by atoms with van der Waals surface area (Å²) in [7, 11) is 0. The Morgan fingerprint density at radius 2 is 0.679 bits per heavy atom. The van der Waals surface area contributed by atoms with Crippen LogP contribution in [0.25, 0.3) is 0 Å². The molecule has 0 aromatic heterocycles. The fourth-order valence-electron chi connectivity index (χ4n) is 1.76. The normalized spacial score (nSPS) is 8.57. The maximum absolute atomic E-state index is 10.1. The van der Waals surface area contributed by atoms with E-state index in [0.717, 1.165) is 0 Å². The number of carbonyl (C=O) groups excluding carboxylic acids is 3. The number of rotatable bonds is 3. The summed E-state index contributed by atoms with van der Waals surface area (Å²) in [6, 6.07) is 19.2. The third kappa shape index (κ3) is 8.77. The van der Waals surface area contributed by atoms with Crippen LogP contribution in [-0.2, 0) is 0 Å². The van der Waals surface area contributed by atoms with Crippen molar-refractivity contribution < 1.29 is 65.3 Å². The molecule has 0 atom stereocenters. The molecule has 0 amide bonds. The summed E-state index contributed by atoms with van der Waals surface area (Å²) >= 11 is 0. The smallest absolute Gasteiger partial charge is 0.153 e. The van der Waals surface area contributed by atoms with Crippen molar-refractivity contribution in [3.63, 3.8) is 0 Å². The SMILES string of the molecule is O=Cc1ccccc1O.O=Cc1ccccc1O.O=Cc1ccccc1O.[La]. The van der Waals surface area contributed by atoms with Gasteiger partial charge in [0.1, 0.15) is 17.2 Å². The van der Waals surface area contributed by atoms with Crippen LogP contribution in [0.3, 0.4) is 0 Å². The minimum atomic E-state index is 0. The first-order valence-electron chi connectivity index (χ1n) is 7.73. The second kappa shape index (κ2) is 14.3. The van der Waals surface area contributed by atoms with Crippen LogP contribution in [0.5, 0.6) is 17.2 Å². The molecule has 6 nitrogen and oxygen atoms in total. The summed E-state index contributed by atoms with van der Waals surface area (Å²) in [5.41, 5.74) is 0.993. The van der Waals surface area contributed by atoms with E-state index in [9.17, 15) is 14.4 Å². The van der Waals surface area contributed by atoms with E-state index in [-0.39, 0.29) is 52.8 Å². The van der Waals surface area contributed by atoms with Gasteiger partial charge in [-0.1, -0.05) is 36.4 Å². The number of benzene rings is 3. The fraction of sp³-hybridized carbons (Fsp3) is 0. The van der Waals surface area contributed by atoms with E-state index in [1.165, 1.54) is 18.2 Å². The molecule has 0 aliphatic rings. The van der Waals surface area contributed by atoms with Gasteiger partial charge in [0.25, 0.3) is 0 Å². The van der Waals surface area contributed by atoms with Gasteiger partial charge in [0.05, 0.1) is 16.7 Å². The van der Waals surface area contributed by atoms with Crippen molar-refractivity contribution in [2.45, 2.75) is 0 Å². The second-order valence-electron chi connectivity index (χ2n) is 5.03. The van der Waals surface area contributed by atoms with Gasteiger partial charge >= 0.3 is 0 Å². The average molecular weight is 505 g/mol. The summed E-state index contributed by atoms with van der Waals surface area (Å²) in [5.74, 6) is 0.104. The first kappa shape index (κ1) is 25.3. The molecule has 0 aliphatic carbocycles. The number of phenols is 3. The van der Waals surface area contributed by atoms with E-state index < -0.39 is 0 Å². The summed E-state index contributed by atoms with van der Waals surface area (Å²) in [5, 5.41) is 26.6. The van der Waals surface area contributed by atoms with Gasteiger partial charge in [-0.15, -0.1) is 0 Å². The Bertz CT molecular complexity index is 778. The zero-order valence-corrected chi connectivity index (χ0v) is 18.4. The van der Waals surface area contributed by atoms with Crippen molar-refractivity contribution >= 4 is 18.9 Å². The minimum Gasteiger partial charge on any atom is -0.507 e. The first-order chi connectivity index (χ1) is 13.0. The third-order valence-corrected chi connectivity index (χ3v) is 3.19. The van der Waals surface area contributed by atoms with Crippen LogP contribution in [0.2, 0.25) is 0 Å². The number of aldehydes is 3. The minimum absolute atomic E-state index is 0. The van der Waals surface area contributed by atoms with Crippen molar-refractivity contribution in [1.82, 2.24) is 0 Å². The van der Waals surface area contributed by atoms with Crippen molar-refractivity contribution in [3.05, 3.63) is 89.5 Å². The quantitative estimate of drug-likeness (QED) is 0.469. The van der Waals surface area contributed by atoms with Crippen LogP contribution in [0.15, 0.2) is 72.8 Å². The van der Waals surface area contributed by atoms with E-state index in [2.05, 4.69) is 0 Å². The molecule has 1 radical (unpaired) electrons. The Morgan fingerprint density at radius 3 is 0.821 bits per heavy atom. The summed E-state index contributed by atoms with van der Waals surface area (Å²) < 4.78 is 0. The number of phenolic OH excluding ortho intramolecular Hbond substituents is 3. The summed E-state index contributed by atoms with van der Waals surface area (Å²) in [4.78, 5) is 30.2. The molecular weight excluding hydrogens is 487 g/mol. The Kier molecular flexibility index (Phi) is 12.9. The molecule has 0 saturated heterocycles. The monoisotopic (exact) mass is 505 g/mol. The van der Waals surface area contributed by atoms with Gasteiger partial charge in [-0.05, 0) is 36.4 Å². The van der Waals surface area contributed by atoms with Crippen molar-refractivity contribution in [2.24, 2.45) is 0 Å². The van der Waals surface area contributed by atoms with E-state index in [1.54, 1.807) is 54.6 Å². The summed E-state index contributed by atoms with van der Waals surface area (Å²) in [6.45, 7) is 0. The predicted octanol–water partition coefficient (Wildman–Crippen LogP) is 3.61. The third-order valence-electron chi connectivity index (χ3n) is 3.19. The number of para-hydroxylation sites is 3. The Balaban J connectivity index is 0.000000384. The van der Waals surface area contributed by atoms with E-state index in [4.69, 9.17) is 15.3 Å². The van der Waals surface area contributed by atoms with E-state index in [1.807, 2.05) is 0 Å². The zero-order chi connectivity index (χ0) is 20.1. The topological polar surface area (TPSA) is 112 Å². The largest absolute Gasteiger partial charge is 0.507 e. The molecule has 0 unspecified atom stereocenters. The molecule has 0 bridgehead atoms. The molecule has 0 saturated carbocycles. The van der Waals surface area contributed by atoms with Gasteiger partial charge < -0.3 is 15.3 Å². The Labute approximate surface area is 190 Å². The number of hydrogen-bond donors (Lipinski definition) is 3. The van der Waals surface area contributed by atoms with Crippen LogP contribution in [0.1, 0.15) is 31.1 Å². The van der Waals surface area contributed by atoms with Gasteiger partial charge in [0.15, 0.2) is 18.9 Å². The van der Waals surface area contributed by atoms with Gasteiger partial charge in [0, 0.05) is 35.6 Å². The van der Waals surface area contributed by atoms with Crippen molar-refractivity contribution in [2.75, 3.05) is 0 Å². The molecular formula is C21H18LaO6. The van der Waals surface area contributed by atoms with Crippen molar-refractivity contribution in [1.29, 1.82) is 0 Å². The first-order valence-corrected chi connectivity index (χ1v) is 7.73. The molecule has 3 aromatic carbocycles. The maximum atomic E-state index is 10.1. The van der Waals surface area contributed by atoms with E-state index >= 15 is 0 Å². The number of carbonyl (C=O) groups is 3. The molecule has 7 heteroatoms. The van der Waals surface area contributed by atoms with Gasteiger partial charge in [-0.25, -0.2) is 0 Å². The molecule has 0 spiro atoms. The van der Waals surface area contributed by atoms with Crippen LogP contribution in [0, 0.1) is 35.6 Å². The molecule has 0 heterocycles. The number of aromatic hydroxyl groups is 3. The maximum Gasteiger partial charge on any atom is 0.153 e. The van der Waals surface area contributed by atoms with Gasteiger partial charge in [-0.2, -0.15) is 0 Å². The zero-order valence-electron chi connectivity index (χ0n) is 14.8. The summed E-state index contributed by atoms with van der Waals surface area (Å²) in [6.07, 6.45) is 1.86. The standard InChI is InChI=1S/3C7H6O2.La/c3*8-5-6-3-1-2-4-7(6)9;/h3*1-5,9H;. The van der Waals surface area contributed by atoms with E-state index in [0.29, 0.717) is 35.5 Å². The van der Waals surface area contributed by atoms with Crippen LogP contribution >= 0.6 is 0 Å². The average Bonchev–Trinajstić information content (AvgIpc) is 2.70. The molecule has 3 aromatic rings. The van der Waals surface area contributed by atoms with Crippen LogP contribution < -0.4 is 0 Å². The molecule has 0 fully saturated rings. The fourth-order valence-corrected chi connectivity index (χ4v) is 1.76. The molecule has 0 aliphatic heterocycles. The van der Waals surface area contributed by atoms with Crippen LogP contribution in [0.4, 0.5) is 0 Å². The van der Waals surface area contributed by atoms with Gasteiger partial charge in [-0.3, -0.25) is 14.4 Å². The second-order valence-corrected chi connectivity index (χ2v) is 5.03. The Morgan fingerprint density at radius 1 is 0.464 bits per heavy atom. The molecule has 3 N–H and O–H groups in total. The van der Waals surface area contributed by atoms with Crippen LogP contribution in [-0.4, -0.2) is 34.2 Å². The molecule has 28 heavy (non-hydrogen) atoms. The van der Waals surface area contributed by atoms with Gasteiger partial charge in [0.2, 0.25) is 0 Å². The van der Waals surface area contributed by atoms with Crippen molar-refractivity contribution in [3.8, 4) is 17.2 Å². The predicted molar refractivity (Wildman–Crippen MR) is 100 cm³/mol. The molecule has 3 rings (SSSR count). The number of hydrogen-bond acceptors (Lipinski definition) is 6.